The Morgan fingerprint density at radius 1 is 1.17 bits per heavy atom. The number of nitrogens with two attached hydrogens (primary N) is 1. The van der Waals surface area contributed by atoms with Gasteiger partial charge >= 0.3 is 0 Å². The van der Waals surface area contributed by atoms with Crippen LogP contribution in [0.4, 0.5) is 0 Å². The molecular formula is C17H20N2O4S. The smallest absolute Gasteiger partial charge is 0.255 e. The Kier molecular flexibility index (Phi) is 5.58. The van der Waals surface area contributed by atoms with Gasteiger partial charge in [-0.15, -0.1) is 0 Å². The summed E-state index contributed by atoms with van der Waals surface area (Å²) in [6.07, 6.45) is 0.574. The van der Waals surface area contributed by atoms with Crippen LogP contribution in [-0.4, -0.2) is 28.0 Å². The van der Waals surface area contributed by atoms with Crippen molar-refractivity contribution in [3.63, 3.8) is 0 Å². The van der Waals surface area contributed by atoms with Gasteiger partial charge in [-0.05, 0) is 42.7 Å². The first kappa shape index (κ1) is 18.0. The average molecular weight is 348 g/mol. The van der Waals surface area contributed by atoms with Crippen LogP contribution in [0.1, 0.15) is 21.5 Å². The summed E-state index contributed by atoms with van der Waals surface area (Å²) in [5.74, 6) is 0.330. The largest absolute Gasteiger partial charge is 0.496 e. The number of carbonyl (C=O) groups is 1. The van der Waals surface area contributed by atoms with E-state index in [0.717, 1.165) is 11.1 Å². The number of hydrogen-bond donors (Lipinski definition) is 2. The van der Waals surface area contributed by atoms with Gasteiger partial charge in [-0.1, -0.05) is 24.3 Å². The molecule has 0 saturated heterocycles. The Balaban J connectivity index is 1.98. The molecule has 0 aliphatic heterocycles. The van der Waals surface area contributed by atoms with Gasteiger partial charge in [0.2, 0.25) is 10.0 Å². The second-order valence-corrected chi connectivity index (χ2v) is 6.91. The van der Waals surface area contributed by atoms with E-state index in [1.807, 2.05) is 19.1 Å². The average Bonchev–Trinajstić information content (AvgIpc) is 2.54. The number of benzene rings is 2. The zero-order chi connectivity index (χ0) is 17.7. The summed E-state index contributed by atoms with van der Waals surface area (Å²) in [4.78, 5) is 12.4. The van der Waals surface area contributed by atoms with Crippen LogP contribution in [0.3, 0.4) is 0 Å². The lowest BCUT2D eigenvalue weighted by Gasteiger charge is -2.12. The van der Waals surface area contributed by atoms with Crippen molar-refractivity contribution < 1.29 is 17.9 Å². The van der Waals surface area contributed by atoms with Crippen LogP contribution in [-0.2, 0) is 16.4 Å². The molecule has 7 heteroatoms. The van der Waals surface area contributed by atoms with Crippen molar-refractivity contribution in [2.45, 2.75) is 18.2 Å². The number of nitrogens with one attached hydrogen (secondary N) is 1. The number of ether oxygens (including phenoxy) is 1. The van der Waals surface area contributed by atoms with Gasteiger partial charge in [0, 0.05) is 6.54 Å². The predicted octanol–water partition coefficient (Wildman–Crippen LogP) is 1.62. The molecule has 1 amide bonds. The van der Waals surface area contributed by atoms with E-state index in [1.54, 1.807) is 18.2 Å². The molecule has 0 radical (unpaired) electrons. The van der Waals surface area contributed by atoms with Gasteiger partial charge in [0.25, 0.3) is 5.91 Å². The molecule has 0 atom stereocenters. The highest BCUT2D eigenvalue weighted by atomic mass is 32.2. The van der Waals surface area contributed by atoms with E-state index in [4.69, 9.17) is 9.88 Å². The number of carbonyl (C=O) groups excluding carboxylic acids is 1. The fourth-order valence-corrected chi connectivity index (χ4v) is 2.87. The first-order valence-corrected chi connectivity index (χ1v) is 8.91. The third kappa shape index (κ3) is 4.33. The number of hydrogen-bond acceptors (Lipinski definition) is 4. The van der Waals surface area contributed by atoms with E-state index in [9.17, 15) is 13.2 Å². The highest BCUT2D eigenvalue weighted by Gasteiger charge is 2.14. The second kappa shape index (κ2) is 7.46. The van der Waals surface area contributed by atoms with Crippen LogP contribution in [0.2, 0.25) is 0 Å². The van der Waals surface area contributed by atoms with Crippen LogP contribution in [0.25, 0.3) is 0 Å². The summed E-state index contributed by atoms with van der Waals surface area (Å²) in [6, 6.07) is 11.7. The molecule has 0 aromatic heterocycles. The Bertz CT molecular complexity index is 830. The van der Waals surface area contributed by atoms with Crippen LogP contribution in [0, 0.1) is 6.92 Å². The van der Waals surface area contributed by atoms with Gasteiger partial charge in [-0.25, -0.2) is 13.6 Å². The Morgan fingerprint density at radius 3 is 2.42 bits per heavy atom. The molecule has 0 aliphatic carbocycles. The molecule has 0 saturated carbocycles. The second-order valence-electron chi connectivity index (χ2n) is 5.35. The monoisotopic (exact) mass is 348 g/mol. The van der Waals surface area contributed by atoms with Crippen molar-refractivity contribution in [3.8, 4) is 5.75 Å². The molecule has 0 fully saturated rings. The Hall–Kier alpha value is -2.38. The molecule has 24 heavy (non-hydrogen) atoms. The lowest BCUT2D eigenvalue weighted by Crippen LogP contribution is -2.26. The van der Waals surface area contributed by atoms with Gasteiger partial charge in [-0.2, -0.15) is 0 Å². The van der Waals surface area contributed by atoms with Gasteiger partial charge in [0.1, 0.15) is 5.75 Å². The number of methoxy groups -OCH3 is 1. The van der Waals surface area contributed by atoms with Crippen LogP contribution < -0.4 is 15.2 Å². The normalized spacial score (nSPS) is 11.1. The highest BCUT2D eigenvalue weighted by molar-refractivity contribution is 7.89. The van der Waals surface area contributed by atoms with Crippen molar-refractivity contribution in [1.29, 1.82) is 0 Å². The van der Waals surface area contributed by atoms with Crippen LogP contribution >= 0.6 is 0 Å². The molecule has 0 heterocycles. The lowest BCUT2D eigenvalue weighted by molar-refractivity contribution is 0.0950. The van der Waals surface area contributed by atoms with Crippen LogP contribution in [0.15, 0.2) is 47.4 Å². The molecule has 6 nitrogen and oxygen atoms in total. The number of aryl methyl sites for hydroxylation is 1. The quantitative estimate of drug-likeness (QED) is 0.829. The fourth-order valence-electron chi connectivity index (χ4n) is 2.36. The Labute approximate surface area is 141 Å². The first-order chi connectivity index (χ1) is 11.3. The predicted molar refractivity (Wildman–Crippen MR) is 91.6 cm³/mol. The summed E-state index contributed by atoms with van der Waals surface area (Å²) in [6.45, 7) is 2.27. The maximum absolute atomic E-state index is 12.3. The lowest BCUT2D eigenvalue weighted by atomic mass is 10.1. The van der Waals surface area contributed by atoms with E-state index in [0.29, 0.717) is 24.3 Å². The van der Waals surface area contributed by atoms with E-state index in [1.165, 1.54) is 19.2 Å². The van der Waals surface area contributed by atoms with Crippen molar-refractivity contribution in [2.75, 3.05) is 13.7 Å². The van der Waals surface area contributed by atoms with Gasteiger partial charge in [0.05, 0.1) is 17.6 Å². The molecule has 2 aromatic carbocycles. The summed E-state index contributed by atoms with van der Waals surface area (Å²) in [5, 5.41) is 7.90. The van der Waals surface area contributed by atoms with E-state index in [-0.39, 0.29) is 10.8 Å². The molecule has 0 bridgehead atoms. The van der Waals surface area contributed by atoms with Gasteiger partial charge in [0.15, 0.2) is 0 Å². The minimum Gasteiger partial charge on any atom is -0.496 e. The maximum Gasteiger partial charge on any atom is 0.255 e. The minimum absolute atomic E-state index is 0.0694. The molecule has 128 valence electrons. The highest BCUT2D eigenvalue weighted by Crippen LogP contribution is 2.21. The Morgan fingerprint density at radius 2 is 1.83 bits per heavy atom. The standard InChI is InChI=1S/C17H20N2O4S/c1-12-4-3-5-15(23-2)16(12)17(20)19-11-10-13-6-8-14(9-7-13)24(18,21)22/h3-9H,10-11H2,1-2H3,(H,19,20)(H2,18,21,22). The zero-order valence-corrected chi connectivity index (χ0v) is 14.4. The summed E-state index contributed by atoms with van der Waals surface area (Å²) >= 11 is 0. The van der Waals surface area contributed by atoms with Gasteiger partial charge < -0.3 is 10.1 Å². The number of primary sulfonamides is 1. The number of amides is 1. The SMILES string of the molecule is COc1cccc(C)c1C(=O)NCCc1ccc(S(N)(=O)=O)cc1. The fraction of sp³-hybridized carbons (Fsp3) is 0.235. The van der Waals surface area contributed by atoms with Gasteiger partial charge in [-0.3, -0.25) is 4.79 Å². The van der Waals surface area contributed by atoms with Crippen molar-refractivity contribution in [3.05, 3.63) is 59.2 Å². The molecular weight excluding hydrogens is 328 g/mol. The maximum atomic E-state index is 12.3. The molecule has 3 N–H and O–H groups in total. The third-order valence-corrected chi connectivity index (χ3v) is 4.56. The number of rotatable bonds is 6. The van der Waals surface area contributed by atoms with Crippen molar-refractivity contribution >= 4 is 15.9 Å². The van der Waals surface area contributed by atoms with E-state index in [2.05, 4.69) is 5.32 Å². The van der Waals surface area contributed by atoms with E-state index >= 15 is 0 Å². The molecule has 0 spiro atoms. The third-order valence-electron chi connectivity index (χ3n) is 3.63. The van der Waals surface area contributed by atoms with Crippen LogP contribution in [0.5, 0.6) is 5.75 Å². The topological polar surface area (TPSA) is 98.5 Å². The minimum atomic E-state index is -3.69. The molecule has 2 aromatic rings. The molecule has 0 aliphatic rings. The number of sulfonamides is 1. The zero-order valence-electron chi connectivity index (χ0n) is 13.6. The molecule has 2 rings (SSSR count). The van der Waals surface area contributed by atoms with E-state index < -0.39 is 10.0 Å². The summed E-state index contributed by atoms with van der Waals surface area (Å²) < 4.78 is 27.6. The summed E-state index contributed by atoms with van der Waals surface area (Å²) in [7, 11) is -2.16. The first-order valence-electron chi connectivity index (χ1n) is 7.36. The molecule has 0 unspecified atom stereocenters. The van der Waals surface area contributed by atoms with Crippen molar-refractivity contribution in [2.24, 2.45) is 5.14 Å². The van der Waals surface area contributed by atoms with Crippen molar-refractivity contribution in [1.82, 2.24) is 5.32 Å². The summed E-state index contributed by atoms with van der Waals surface area (Å²) in [5.41, 5.74) is 2.26.